The van der Waals surface area contributed by atoms with Gasteiger partial charge in [-0.2, -0.15) is 0 Å². The number of ketones is 1. The lowest BCUT2D eigenvalue weighted by atomic mass is 9.83. The highest BCUT2D eigenvalue weighted by Gasteiger charge is 2.37. The largest absolute Gasteiger partial charge is 0.330 e. The zero-order chi connectivity index (χ0) is 16.4. The number of amides is 2. The van der Waals surface area contributed by atoms with Gasteiger partial charge in [0.1, 0.15) is 0 Å². The van der Waals surface area contributed by atoms with Crippen molar-refractivity contribution < 1.29 is 9.59 Å². The summed E-state index contributed by atoms with van der Waals surface area (Å²) in [6.07, 6.45) is 0. The SMILES string of the molecule is C=C1NC(=O)N[C@@H](c2ccccc2)[C@H]1C(=O)c1ccc(Cl)cc1. The second-order valence-corrected chi connectivity index (χ2v) is 5.80. The molecule has 1 aliphatic rings. The zero-order valence-corrected chi connectivity index (χ0v) is 13.0. The van der Waals surface area contributed by atoms with Crippen LogP contribution in [0.25, 0.3) is 0 Å². The molecule has 2 aromatic carbocycles. The van der Waals surface area contributed by atoms with Gasteiger partial charge in [-0.25, -0.2) is 4.79 Å². The van der Waals surface area contributed by atoms with E-state index in [0.717, 1.165) is 5.56 Å². The molecule has 2 N–H and O–H groups in total. The molecule has 3 rings (SSSR count). The van der Waals surface area contributed by atoms with Crippen molar-refractivity contribution in [2.45, 2.75) is 6.04 Å². The molecule has 0 unspecified atom stereocenters. The van der Waals surface area contributed by atoms with E-state index < -0.39 is 12.0 Å². The van der Waals surface area contributed by atoms with E-state index in [1.807, 2.05) is 30.3 Å². The normalized spacial score (nSPS) is 20.6. The molecular formula is C18H15ClN2O2. The molecule has 0 radical (unpaired) electrons. The molecule has 2 atom stereocenters. The molecule has 5 heteroatoms. The first-order chi connectivity index (χ1) is 11.1. The number of hydrogen-bond acceptors (Lipinski definition) is 2. The van der Waals surface area contributed by atoms with Gasteiger partial charge in [-0.15, -0.1) is 0 Å². The molecule has 1 aliphatic heterocycles. The van der Waals surface area contributed by atoms with Gasteiger partial charge in [-0.3, -0.25) is 4.79 Å². The van der Waals surface area contributed by atoms with Gasteiger partial charge in [0.2, 0.25) is 0 Å². The number of hydrogen-bond donors (Lipinski definition) is 2. The van der Waals surface area contributed by atoms with E-state index in [2.05, 4.69) is 17.2 Å². The summed E-state index contributed by atoms with van der Waals surface area (Å²) in [5.74, 6) is -0.704. The third kappa shape index (κ3) is 3.12. The number of urea groups is 1. The molecule has 0 aliphatic carbocycles. The van der Waals surface area contributed by atoms with Crippen molar-refractivity contribution in [3.63, 3.8) is 0 Å². The Bertz CT molecular complexity index is 756. The predicted molar refractivity (Wildman–Crippen MR) is 89.3 cm³/mol. The van der Waals surface area contributed by atoms with Crippen LogP contribution in [0.4, 0.5) is 4.79 Å². The Balaban J connectivity index is 1.98. The van der Waals surface area contributed by atoms with Gasteiger partial charge >= 0.3 is 6.03 Å². The molecule has 0 saturated carbocycles. The molecule has 2 amide bonds. The second kappa shape index (κ2) is 6.26. The van der Waals surface area contributed by atoms with Crippen molar-refractivity contribution in [2.24, 2.45) is 5.92 Å². The third-order valence-corrected chi connectivity index (χ3v) is 4.09. The number of carbonyl (C=O) groups is 2. The summed E-state index contributed by atoms with van der Waals surface area (Å²) in [4.78, 5) is 24.7. The molecule has 4 nitrogen and oxygen atoms in total. The first-order valence-corrected chi connectivity index (χ1v) is 7.55. The van der Waals surface area contributed by atoms with E-state index in [1.54, 1.807) is 24.3 Å². The highest BCUT2D eigenvalue weighted by Crippen LogP contribution is 2.32. The number of Topliss-reactive ketones (excluding diaryl/α,β-unsaturated/α-hetero) is 1. The molecule has 2 aromatic rings. The molecule has 0 spiro atoms. The van der Waals surface area contributed by atoms with E-state index >= 15 is 0 Å². The number of carbonyl (C=O) groups excluding carboxylic acids is 2. The fourth-order valence-corrected chi connectivity index (χ4v) is 2.85. The Labute approximate surface area is 139 Å². The van der Waals surface area contributed by atoms with Crippen LogP contribution in [0.15, 0.2) is 66.9 Å². The Hall–Kier alpha value is -2.59. The quantitative estimate of drug-likeness (QED) is 0.845. The van der Waals surface area contributed by atoms with Crippen LogP contribution in [0, 0.1) is 5.92 Å². The van der Waals surface area contributed by atoms with Crippen molar-refractivity contribution in [3.05, 3.63) is 83.0 Å². The predicted octanol–water partition coefficient (Wildman–Crippen LogP) is 3.71. The minimum Gasteiger partial charge on any atom is -0.330 e. The summed E-state index contributed by atoms with van der Waals surface area (Å²) in [7, 11) is 0. The molecule has 1 saturated heterocycles. The average Bonchev–Trinajstić information content (AvgIpc) is 2.55. The Morgan fingerprint density at radius 2 is 1.70 bits per heavy atom. The summed E-state index contributed by atoms with van der Waals surface area (Å²) in [5, 5.41) is 5.98. The van der Waals surface area contributed by atoms with Gasteiger partial charge in [-0.05, 0) is 29.8 Å². The number of nitrogens with one attached hydrogen (secondary N) is 2. The number of rotatable bonds is 3. The van der Waals surface area contributed by atoms with Crippen LogP contribution in [0.3, 0.4) is 0 Å². The van der Waals surface area contributed by atoms with Crippen molar-refractivity contribution in [2.75, 3.05) is 0 Å². The van der Waals surface area contributed by atoms with Gasteiger partial charge < -0.3 is 10.6 Å². The third-order valence-electron chi connectivity index (χ3n) is 3.84. The first kappa shape index (κ1) is 15.3. The van der Waals surface area contributed by atoms with Gasteiger partial charge in [0, 0.05) is 16.3 Å². The molecule has 116 valence electrons. The summed E-state index contributed by atoms with van der Waals surface area (Å²) in [6, 6.07) is 15.3. The minimum atomic E-state index is -0.587. The molecule has 1 heterocycles. The molecular weight excluding hydrogens is 312 g/mol. The summed E-state index contributed by atoms with van der Waals surface area (Å²) >= 11 is 5.88. The van der Waals surface area contributed by atoms with Gasteiger partial charge in [0.05, 0.1) is 12.0 Å². The van der Waals surface area contributed by atoms with Gasteiger partial charge in [-0.1, -0.05) is 48.5 Å². The maximum Gasteiger partial charge on any atom is 0.319 e. The topological polar surface area (TPSA) is 58.2 Å². The Morgan fingerprint density at radius 1 is 1.04 bits per heavy atom. The highest BCUT2D eigenvalue weighted by molar-refractivity contribution is 6.30. The minimum absolute atomic E-state index is 0.118. The molecule has 0 bridgehead atoms. The lowest BCUT2D eigenvalue weighted by Gasteiger charge is -2.34. The van der Waals surface area contributed by atoms with Gasteiger partial charge in [0.25, 0.3) is 0 Å². The van der Waals surface area contributed by atoms with Crippen LogP contribution >= 0.6 is 11.6 Å². The standard InChI is InChI=1S/C18H15ClN2O2/c1-11-15(17(22)13-7-9-14(19)10-8-13)16(21-18(23)20-11)12-5-3-2-4-6-12/h2-10,15-16H,1H2,(H2,20,21,23)/t15-,16-/m0/s1. The molecule has 1 fully saturated rings. The Kier molecular flexibility index (Phi) is 4.17. The molecule has 23 heavy (non-hydrogen) atoms. The lowest BCUT2D eigenvalue weighted by molar-refractivity contribution is 0.0905. The Morgan fingerprint density at radius 3 is 2.35 bits per heavy atom. The van der Waals surface area contributed by atoms with Crippen LogP contribution in [0.1, 0.15) is 22.0 Å². The van der Waals surface area contributed by atoms with Crippen molar-refractivity contribution >= 4 is 23.4 Å². The summed E-state index contributed by atoms with van der Waals surface area (Å²) in [5.41, 5.74) is 1.78. The van der Waals surface area contributed by atoms with E-state index in [0.29, 0.717) is 16.3 Å². The second-order valence-electron chi connectivity index (χ2n) is 5.36. The van der Waals surface area contributed by atoms with Crippen molar-refractivity contribution in [3.8, 4) is 0 Å². The van der Waals surface area contributed by atoms with E-state index in [4.69, 9.17) is 11.6 Å². The van der Waals surface area contributed by atoms with Crippen LogP contribution in [0.2, 0.25) is 5.02 Å². The van der Waals surface area contributed by atoms with E-state index in [-0.39, 0.29) is 11.8 Å². The van der Waals surface area contributed by atoms with Gasteiger partial charge in [0.15, 0.2) is 5.78 Å². The van der Waals surface area contributed by atoms with Crippen LogP contribution in [0.5, 0.6) is 0 Å². The maximum atomic E-state index is 12.9. The smallest absolute Gasteiger partial charge is 0.319 e. The molecule has 0 aromatic heterocycles. The fraction of sp³-hybridized carbons (Fsp3) is 0.111. The highest BCUT2D eigenvalue weighted by atomic mass is 35.5. The fourth-order valence-electron chi connectivity index (χ4n) is 2.72. The van der Waals surface area contributed by atoms with Crippen LogP contribution in [-0.4, -0.2) is 11.8 Å². The van der Waals surface area contributed by atoms with Crippen LogP contribution < -0.4 is 10.6 Å². The number of halogens is 1. The van der Waals surface area contributed by atoms with Crippen molar-refractivity contribution in [1.29, 1.82) is 0 Å². The number of benzene rings is 2. The van der Waals surface area contributed by atoms with E-state index in [9.17, 15) is 9.59 Å². The van der Waals surface area contributed by atoms with Crippen molar-refractivity contribution in [1.82, 2.24) is 10.6 Å². The average molecular weight is 327 g/mol. The monoisotopic (exact) mass is 326 g/mol. The zero-order valence-electron chi connectivity index (χ0n) is 12.3. The first-order valence-electron chi connectivity index (χ1n) is 7.17. The summed E-state index contributed by atoms with van der Waals surface area (Å²) < 4.78 is 0. The summed E-state index contributed by atoms with van der Waals surface area (Å²) in [6.45, 7) is 3.87. The maximum absolute atomic E-state index is 12.9. The van der Waals surface area contributed by atoms with E-state index in [1.165, 1.54) is 0 Å². The lowest BCUT2D eigenvalue weighted by Crippen LogP contribution is -2.50. The van der Waals surface area contributed by atoms with Crippen LogP contribution in [-0.2, 0) is 0 Å².